The standard InChI is InChI=1S/C16H24N2O/c1-13(14-7-3-2-4-8-14)11-15(19)18-16(12-17)9-5-6-10-16/h2-4,7-8,13H,5-6,9-12,17H2,1H3,(H,18,19). The summed E-state index contributed by atoms with van der Waals surface area (Å²) in [6.45, 7) is 2.65. The fraction of sp³-hybridized carbons (Fsp3) is 0.562. The average molecular weight is 260 g/mol. The van der Waals surface area contributed by atoms with Crippen molar-refractivity contribution in [3.8, 4) is 0 Å². The second kappa shape index (κ2) is 6.20. The maximum Gasteiger partial charge on any atom is 0.221 e. The Kier molecular flexibility index (Phi) is 4.59. The first-order chi connectivity index (χ1) is 9.15. The van der Waals surface area contributed by atoms with Gasteiger partial charge in [-0.3, -0.25) is 4.79 Å². The number of amides is 1. The smallest absolute Gasteiger partial charge is 0.221 e. The van der Waals surface area contributed by atoms with Gasteiger partial charge in [-0.15, -0.1) is 0 Å². The highest BCUT2D eigenvalue weighted by Gasteiger charge is 2.33. The van der Waals surface area contributed by atoms with Gasteiger partial charge in [0.25, 0.3) is 0 Å². The van der Waals surface area contributed by atoms with Crippen molar-refractivity contribution in [1.82, 2.24) is 5.32 Å². The first-order valence-corrected chi connectivity index (χ1v) is 7.21. The van der Waals surface area contributed by atoms with Gasteiger partial charge in [0.05, 0.1) is 5.54 Å². The molecule has 1 aromatic rings. The SMILES string of the molecule is CC(CC(=O)NC1(CN)CCCC1)c1ccccc1. The van der Waals surface area contributed by atoms with Crippen LogP contribution in [0.2, 0.25) is 0 Å². The molecule has 1 unspecified atom stereocenters. The molecule has 19 heavy (non-hydrogen) atoms. The van der Waals surface area contributed by atoms with Crippen molar-refractivity contribution in [3.63, 3.8) is 0 Å². The molecule has 1 atom stereocenters. The summed E-state index contributed by atoms with van der Waals surface area (Å²) in [6, 6.07) is 10.2. The van der Waals surface area contributed by atoms with Crippen LogP contribution in [-0.4, -0.2) is 18.0 Å². The minimum atomic E-state index is -0.131. The molecule has 0 bridgehead atoms. The normalized spacial score (nSPS) is 19.1. The van der Waals surface area contributed by atoms with E-state index in [9.17, 15) is 4.79 Å². The molecule has 1 aliphatic carbocycles. The Morgan fingerprint density at radius 1 is 1.32 bits per heavy atom. The van der Waals surface area contributed by atoms with E-state index in [1.165, 1.54) is 18.4 Å². The van der Waals surface area contributed by atoms with E-state index in [1.54, 1.807) is 0 Å². The van der Waals surface area contributed by atoms with E-state index in [-0.39, 0.29) is 17.4 Å². The molecule has 0 saturated heterocycles. The molecule has 104 valence electrons. The zero-order valence-electron chi connectivity index (χ0n) is 11.7. The highest BCUT2D eigenvalue weighted by Crippen LogP contribution is 2.29. The van der Waals surface area contributed by atoms with E-state index in [2.05, 4.69) is 24.4 Å². The zero-order valence-corrected chi connectivity index (χ0v) is 11.7. The molecule has 1 aliphatic rings. The summed E-state index contributed by atoms with van der Waals surface area (Å²) in [5, 5.41) is 3.18. The van der Waals surface area contributed by atoms with Gasteiger partial charge in [0.2, 0.25) is 5.91 Å². The van der Waals surface area contributed by atoms with Crippen molar-refractivity contribution in [3.05, 3.63) is 35.9 Å². The molecule has 3 heteroatoms. The van der Waals surface area contributed by atoms with Crippen molar-refractivity contribution >= 4 is 5.91 Å². The fourth-order valence-electron chi connectivity index (χ4n) is 2.96. The van der Waals surface area contributed by atoms with Gasteiger partial charge in [0.15, 0.2) is 0 Å². The highest BCUT2D eigenvalue weighted by atomic mass is 16.1. The van der Waals surface area contributed by atoms with E-state index < -0.39 is 0 Å². The minimum Gasteiger partial charge on any atom is -0.349 e. The van der Waals surface area contributed by atoms with E-state index in [4.69, 9.17) is 5.73 Å². The molecule has 3 N–H and O–H groups in total. The number of nitrogens with one attached hydrogen (secondary N) is 1. The van der Waals surface area contributed by atoms with Crippen LogP contribution >= 0.6 is 0 Å². The van der Waals surface area contributed by atoms with E-state index in [1.807, 2.05) is 18.2 Å². The van der Waals surface area contributed by atoms with Crippen LogP contribution < -0.4 is 11.1 Å². The topological polar surface area (TPSA) is 55.1 Å². The van der Waals surface area contributed by atoms with Crippen molar-refractivity contribution in [2.75, 3.05) is 6.54 Å². The largest absolute Gasteiger partial charge is 0.349 e. The number of rotatable bonds is 5. The van der Waals surface area contributed by atoms with Gasteiger partial charge < -0.3 is 11.1 Å². The Bertz CT molecular complexity index is 410. The lowest BCUT2D eigenvalue weighted by Crippen LogP contribution is -2.51. The second-order valence-electron chi connectivity index (χ2n) is 5.76. The lowest BCUT2D eigenvalue weighted by atomic mass is 9.94. The third-order valence-corrected chi connectivity index (χ3v) is 4.22. The lowest BCUT2D eigenvalue weighted by molar-refractivity contribution is -0.123. The van der Waals surface area contributed by atoms with Crippen LogP contribution in [0.1, 0.15) is 50.5 Å². The van der Waals surface area contributed by atoms with Gasteiger partial charge in [-0.25, -0.2) is 0 Å². The van der Waals surface area contributed by atoms with Gasteiger partial charge in [0.1, 0.15) is 0 Å². The molecule has 3 nitrogen and oxygen atoms in total. The second-order valence-corrected chi connectivity index (χ2v) is 5.76. The van der Waals surface area contributed by atoms with Gasteiger partial charge in [0, 0.05) is 13.0 Å². The number of carbonyl (C=O) groups excluding carboxylic acids is 1. The number of hydrogen-bond acceptors (Lipinski definition) is 2. The quantitative estimate of drug-likeness (QED) is 0.855. The maximum absolute atomic E-state index is 12.2. The number of nitrogens with two attached hydrogens (primary N) is 1. The Balaban J connectivity index is 1.91. The first kappa shape index (κ1) is 14.1. The molecule has 1 fully saturated rings. The van der Waals surface area contributed by atoms with E-state index >= 15 is 0 Å². The lowest BCUT2D eigenvalue weighted by Gasteiger charge is -2.29. The maximum atomic E-state index is 12.2. The summed E-state index contributed by atoms with van der Waals surface area (Å²) in [5.41, 5.74) is 6.93. The van der Waals surface area contributed by atoms with Crippen LogP contribution in [0, 0.1) is 0 Å². The zero-order chi connectivity index (χ0) is 13.7. The summed E-state index contributed by atoms with van der Waals surface area (Å²) >= 11 is 0. The molecular weight excluding hydrogens is 236 g/mol. The molecule has 0 radical (unpaired) electrons. The van der Waals surface area contributed by atoms with Gasteiger partial charge in [-0.1, -0.05) is 50.1 Å². The highest BCUT2D eigenvalue weighted by molar-refractivity contribution is 5.77. The molecule has 1 aromatic carbocycles. The van der Waals surface area contributed by atoms with Crippen LogP contribution in [0.5, 0.6) is 0 Å². The first-order valence-electron chi connectivity index (χ1n) is 7.21. The molecule has 1 amide bonds. The van der Waals surface area contributed by atoms with Crippen molar-refractivity contribution in [1.29, 1.82) is 0 Å². The summed E-state index contributed by atoms with van der Waals surface area (Å²) in [7, 11) is 0. The molecule has 0 spiro atoms. The average Bonchev–Trinajstić information content (AvgIpc) is 2.88. The summed E-state index contributed by atoms with van der Waals surface area (Å²) in [5.74, 6) is 0.376. The van der Waals surface area contributed by atoms with Crippen molar-refractivity contribution in [2.24, 2.45) is 5.73 Å². The predicted octanol–water partition coefficient (Wildman–Crippen LogP) is 2.57. The van der Waals surface area contributed by atoms with Gasteiger partial charge >= 0.3 is 0 Å². The Morgan fingerprint density at radius 3 is 2.53 bits per heavy atom. The minimum absolute atomic E-state index is 0.128. The van der Waals surface area contributed by atoms with Crippen LogP contribution in [0.3, 0.4) is 0 Å². The number of carbonyl (C=O) groups is 1. The third kappa shape index (κ3) is 3.57. The van der Waals surface area contributed by atoms with Crippen LogP contribution in [-0.2, 0) is 4.79 Å². The molecule has 1 saturated carbocycles. The molecule has 0 aromatic heterocycles. The van der Waals surface area contributed by atoms with E-state index in [0.29, 0.717) is 13.0 Å². The van der Waals surface area contributed by atoms with Gasteiger partial charge in [-0.2, -0.15) is 0 Å². The summed E-state index contributed by atoms with van der Waals surface area (Å²) in [4.78, 5) is 12.2. The Labute approximate surface area is 115 Å². The molecule has 0 heterocycles. The van der Waals surface area contributed by atoms with Crippen molar-refractivity contribution in [2.45, 2.75) is 50.5 Å². The van der Waals surface area contributed by atoms with Gasteiger partial charge in [-0.05, 0) is 24.3 Å². The Hall–Kier alpha value is -1.35. The van der Waals surface area contributed by atoms with Crippen molar-refractivity contribution < 1.29 is 4.79 Å². The number of hydrogen-bond donors (Lipinski definition) is 2. The molecule has 2 rings (SSSR count). The predicted molar refractivity (Wildman–Crippen MR) is 77.9 cm³/mol. The van der Waals surface area contributed by atoms with Crippen LogP contribution in [0.15, 0.2) is 30.3 Å². The molecule has 0 aliphatic heterocycles. The Morgan fingerprint density at radius 2 is 1.95 bits per heavy atom. The third-order valence-electron chi connectivity index (χ3n) is 4.22. The summed E-state index contributed by atoms with van der Waals surface area (Å²) in [6.07, 6.45) is 4.92. The fourth-order valence-corrected chi connectivity index (χ4v) is 2.96. The van der Waals surface area contributed by atoms with Crippen LogP contribution in [0.25, 0.3) is 0 Å². The van der Waals surface area contributed by atoms with Crippen LogP contribution in [0.4, 0.5) is 0 Å². The van der Waals surface area contributed by atoms with E-state index in [0.717, 1.165) is 12.8 Å². The monoisotopic (exact) mass is 260 g/mol. The number of benzene rings is 1. The molecular formula is C16H24N2O. The summed E-state index contributed by atoms with van der Waals surface area (Å²) < 4.78 is 0.